The Morgan fingerprint density at radius 1 is 1.18 bits per heavy atom. The van der Waals surface area contributed by atoms with Crippen LogP contribution in [0.5, 0.6) is 0 Å². The van der Waals surface area contributed by atoms with Crippen LogP contribution in [0.3, 0.4) is 0 Å². The summed E-state index contributed by atoms with van der Waals surface area (Å²) >= 11 is 6.23. The molecule has 3 nitrogen and oxygen atoms in total. The third kappa shape index (κ3) is 5.14. The van der Waals surface area contributed by atoms with Gasteiger partial charge >= 0.3 is 6.18 Å². The van der Waals surface area contributed by atoms with Gasteiger partial charge in [-0.15, -0.1) is 0 Å². The molecule has 0 aliphatic carbocycles. The molecule has 0 spiro atoms. The molecule has 0 saturated heterocycles. The smallest absolute Gasteiger partial charge is 0.367 e. The molecule has 0 N–H and O–H groups in total. The number of sulfone groups is 1. The quantitative estimate of drug-likeness (QED) is 0.813. The van der Waals surface area contributed by atoms with Crippen LogP contribution in [0, 0.1) is 0 Å². The van der Waals surface area contributed by atoms with Gasteiger partial charge in [0.1, 0.15) is 6.61 Å². The predicted molar refractivity (Wildman–Crippen MR) is 79.0 cm³/mol. The SMILES string of the molecule is CC(C)(C)c1ccc(S(C)(=O)=O)c(COCC(F)(F)F)c1Cl. The lowest BCUT2D eigenvalue weighted by atomic mass is 9.86. The van der Waals surface area contributed by atoms with Gasteiger partial charge in [-0.25, -0.2) is 8.42 Å². The molecule has 0 bridgehead atoms. The summed E-state index contributed by atoms with van der Waals surface area (Å²) in [5, 5.41) is 0.123. The lowest BCUT2D eigenvalue weighted by Crippen LogP contribution is -2.19. The molecule has 0 radical (unpaired) electrons. The third-order valence-corrected chi connectivity index (χ3v) is 4.53. The highest BCUT2D eigenvalue weighted by molar-refractivity contribution is 7.90. The maximum atomic E-state index is 12.2. The van der Waals surface area contributed by atoms with Crippen molar-refractivity contribution in [1.29, 1.82) is 0 Å². The van der Waals surface area contributed by atoms with Crippen LogP contribution in [-0.2, 0) is 26.6 Å². The Kier molecular flexibility index (Phi) is 5.58. The van der Waals surface area contributed by atoms with Crippen molar-refractivity contribution >= 4 is 21.4 Å². The number of halogens is 4. The number of alkyl halides is 3. The topological polar surface area (TPSA) is 43.4 Å². The van der Waals surface area contributed by atoms with E-state index in [0.29, 0.717) is 5.56 Å². The maximum Gasteiger partial charge on any atom is 0.411 e. The summed E-state index contributed by atoms with van der Waals surface area (Å²) in [7, 11) is -3.63. The van der Waals surface area contributed by atoms with Crippen molar-refractivity contribution in [3.8, 4) is 0 Å². The van der Waals surface area contributed by atoms with E-state index in [1.54, 1.807) is 6.07 Å². The molecule has 0 fully saturated rings. The average molecular weight is 359 g/mol. The van der Waals surface area contributed by atoms with E-state index in [-0.39, 0.29) is 20.9 Å². The van der Waals surface area contributed by atoms with Gasteiger partial charge in [-0.1, -0.05) is 38.4 Å². The van der Waals surface area contributed by atoms with E-state index in [1.807, 2.05) is 20.8 Å². The van der Waals surface area contributed by atoms with Crippen LogP contribution >= 0.6 is 11.6 Å². The van der Waals surface area contributed by atoms with E-state index in [2.05, 4.69) is 4.74 Å². The Labute approximate surface area is 133 Å². The summed E-state index contributed by atoms with van der Waals surface area (Å²) in [6.45, 7) is 3.62. The monoisotopic (exact) mass is 358 g/mol. The summed E-state index contributed by atoms with van der Waals surface area (Å²) in [5.74, 6) is 0. The van der Waals surface area contributed by atoms with Crippen LogP contribution in [0.25, 0.3) is 0 Å². The summed E-state index contributed by atoms with van der Waals surface area (Å²) in [6.07, 6.45) is -3.51. The highest BCUT2D eigenvalue weighted by atomic mass is 35.5. The molecule has 0 aliphatic heterocycles. The third-order valence-electron chi connectivity index (χ3n) is 2.92. The minimum Gasteiger partial charge on any atom is -0.367 e. The van der Waals surface area contributed by atoms with Crippen LogP contribution in [0.15, 0.2) is 17.0 Å². The van der Waals surface area contributed by atoms with E-state index in [4.69, 9.17) is 11.6 Å². The molecule has 0 aromatic heterocycles. The van der Waals surface area contributed by atoms with Crippen LogP contribution in [-0.4, -0.2) is 27.5 Å². The fraction of sp³-hybridized carbons (Fsp3) is 0.571. The van der Waals surface area contributed by atoms with E-state index < -0.39 is 29.2 Å². The van der Waals surface area contributed by atoms with Crippen LogP contribution in [0.2, 0.25) is 5.02 Å². The molecule has 8 heteroatoms. The predicted octanol–water partition coefficient (Wildman–Crippen LogP) is 4.12. The number of hydrogen-bond donors (Lipinski definition) is 0. The molecule has 0 unspecified atom stereocenters. The summed E-state index contributed by atoms with van der Waals surface area (Å²) < 4.78 is 64.7. The largest absolute Gasteiger partial charge is 0.411 e. The van der Waals surface area contributed by atoms with Crippen LogP contribution in [0.4, 0.5) is 13.2 Å². The molecule has 0 atom stereocenters. The fourth-order valence-corrected chi connectivity index (χ4v) is 3.42. The van der Waals surface area contributed by atoms with Gasteiger partial charge in [-0.2, -0.15) is 13.2 Å². The molecule has 126 valence electrons. The zero-order chi connectivity index (χ0) is 17.3. The van der Waals surface area contributed by atoms with Gasteiger partial charge in [0.05, 0.1) is 16.5 Å². The Hall–Kier alpha value is -0.790. The Bertz CT molecular complexity index is 647. The maximum absolute atomic E-state index is 12.2. The molecule has 0 heterocycles. The molecular weight excluding hydrogens is 341 g/mol. The zero-order valence-corrected chi connectivity index (χ0v) is 14.3. The molecule has 1 rings (SSSR count). The van der Waals surface area contributed by atoms with Crippen LogP contribution < -0.4 is 0 Å². The minimum atomic E-state index is -4.49. The lowest BCUT2D eigenvalue weighted by Gasteiger charge is -2.23. The first-order valence-electron chi connectivity index (χ1n) is 6.40. The second-order valence-electron chi connectivity index (χ2n) is 6.03. The Morgan fingerprint density at radius 2 is 1.73 bits per heavy atom. The molecular formula is C14H18ClF3O3S. The van der Waals surface area contributed by atoms with E-state index >= 15 is 0 Å². The lowest BCUT2D eigenvalue weighted by molar-refractivity contribution is -0.176. The number of hydrogen-bond acceptors (Lipinski definition) is 3. The number of benzene rings is 1. The second-order valence-corrected chi connectivity index (χ2v) is 8.40. The highest BCUT2D eigenvalue weighted by Crippen LogP contribution is 2.35. The first kappa shape index (κ1) is 19.3. The normalized spacial score (nSPS) is 13.5. The van der Waals surface area contributed by atoms with Gasteiger partial charge in [0, 0.05) is 11.8 Å². The molecule has 1 aromatic rings. The van der Waals surface area contributed by atoms with E-state index in [0.717, 1.165) is 6.26 Å². The minimum absolute atomic E-state index is 0.0563. The number of ether oxygens (including phenoxy) is 1. The average Bonchev–Trinajstić information content (AvgIpc) is 2.26. The van der Waals surface area contributed by atoms with Crippen LogP contribution in [0.1, 0.15) is 31.9 Å². The van der Waals surface area contributed by atoms with Gasteiger partial charge in [0.2, 0.25) is 0 Å². The Morgan fingerprint density at radius 3 is 2.14 bits per heavy atom. The number of rotatable bonds is 4. The second kappa shape index (κ2) is 6.37. The van der Waals surface area contributed by atoms with Gasteiger partial charge in [0.15, 0.2) is 9.84 Å². The van der Waals surface area contributed by atoms with Crippen molar-refractivity contribution in [3.63, 3.8) is 0 Å². The first-order chi connectivity index (χ1) is 9.73. The summed E-state index contributed by atoms with van der Waals surface area (Å²) in [6, 6.07) is 2.93. The first-order valence-corrected chi connectivity index (χ1v) is 8.67. The van der Waals surface area contributed by atoms with Gasteiger partial charge in [0.25, 0.3) is 0 Å². The van der Waals surface area contributed by atoms with Gasteiger partial charge in [-0.05, 0) is 17.0 Å². The van der Waals surface area contributed by atoms with Gasteiger partial charge in [-0.3, -0.25) is 0 Å². The fourth-order valence-electron chi connectivity index (χ4n) is 1.93. The highest BCUT2D eigenvalue weighted by Gasteiger charge is 2.29. The van der Waals surface area contributed by atoms with Crippen molar-refractivity contribution in [2.75, 3.05) is 12.9 Å². The van der Waals surface area contributed by atoms with Crippen molar-refractivity contribution in [2.45, 2.75) is 43.9 Å². The van der Waals surface area contributed by atoms with Crippen molar-refractivity contribution in [2.24, 2.45) is 0 Å². The van der Waals surface area contributed by atoms with Gasteiger partial charge < -0.3 is 4.74 Å². The Balaban J connectivity index is 3.30. The molecule has 0 saturated carbocycles. The van der Waals surface area contributed by atoms with Crippen molar-refractivity contribution in [1.82, 2.24) is 0 Å². The standard InChI is InChI=1S/C14H18ClF3O3S/c1-13(2,3)10-5-6-11(22(4,19)20)9(12(10)15)7-21-8-14(16,17)18/h5-6H,7-8H2,1-4H3. The molecule has 22 heavy (non-hydrogen) atoms. The van der Waals surface area contributed by atoms with Crippen molar-refractivity contribution < 1.29 is 26.3 Å². The van der Waals surface area contributed by atoms with E-state index in [9.17, 15) is 21.6 Å². The van der Waals surface area contributed by atoms with E-state index in [1.165, 1.54) is 6.07 Å². The molecule has 0 amide bonds. The summed E-state index contributed by atoms with van der Waals surface area (Å²) in [5.41, 5.74) is 0.319. The molecule has 1 aromatic carbocycles. The van der Waals surface area contributed by atoms with Crippen molar-refractivity contribution in [3.05, 3.63) is 28.3 Å². The summed E-state index contributed by atoms with van der Waals surface area (Å²) in [4.78, 5) is -0.118. The zero-order valence-electron chi connectivity index (χ0n) is 12.7. The molecule has 0 aliphatic rings.